The van der Waals surface area contributed by atoms with Gasteiger partial charge in [0.15, 0.2) is 11.4 Å². The molecule has 0 aliphatic heterocycles. The molecule has 0 aliphatic rings. The average Bonchev–Trinajstić information content (AvgIpc) is 2.54. The zero-order chi connectivity index (χ0) is 11.4. The highest BCUT2D eigenvalue weighted by Gasteiger charge is 2.22. The summed E-state index contributed by atoms with van der Waals surface area (Å²) in [6.45, 7) is 4.07. The van der Waals surface area contributed by atoms with Crippen LogP contribution < -0.4 is 4.74 Å². The molecule has 1 rings (SSSR count). The molecule has 1 heterocycles. The zero-order valence-electron chi connectivity index (χ0n) is 9.53. The largest absolute Gasteiger partial charge is 0.492 e. The first-order valence-corrected chi connectivity index (χ1v) is 4.92. The van der Waals surface area contributed by atoms with Gasteiger partial charge in [0.1, 0.15) is 5.69 Å². The van der Waals surface area contributed by atoms with Crippen LogP contribution in [0.4, 0.5) is 0 Å². The fourth-order valence-electron chi connectivity index (χ4n) is 1.43. The fraction of sp³-hybridized carbons (Fsp3) is 0.600. The second kappa shape index (κ2) is 4.82. The normalized spacial score (nSPS) is 10.1. The van der Waals surface area contributed by atoms with Gasteiger partial charge in [0.05, 0.1) is 13.7 Å². The van der Waals surface area contributed by atoms with E-state index in [1.807, 2.05) is 6.92 Å². The number of aryl methyl sites for hydroxylation is 2. The van der Waals surface area contributed by atoms with E-state index in [9.17, 15) is 4.79 Å². The van der Waals surface area contributed by atoms with E-state index < -0.39 is 5.97 Å². The Balaban J connectivity index is 3.15. The van der Waals surface area contributed by atoms with Gasteiger partial charge < -0.3 is 9.47 Å². The highest BCUT2D eigenvalue weighted by Crippen LogP contribution is 2.23. The lowest BCUT2D eigenvalue weighted by molar-refractivity contribution is 0.0510. The first-order valence-electron chi connectivity index (χ1n) is 4.92. The molecule has 0 saturated carbocycles. The second-order valence-corrected chi connectivity index (χ2v) is 3.03. The molecule has 0 bridgehead atoms. The molecule has 0 amide bonds. The van der Waals surface area contributed by atoms with Crippen LogP contribution in [0.3, 0.4) is 0 Å². The molecule has 0 N–H and O–H groups in total. The number of carbonyl (C=O) groups is 1. The second-order valence-electron chi connectivity index (χ2n) is 3.03. The summed E-state index contributed by atoms with van der Waals surface area (Å²) in [6.07, 6.45) is 0.719. The summed E-state index contributed by atoms with van der Waals surface area (Å²) in [7, 11) is 3.23. The van der Waals surface area contributed by atoms with Crippen LogP contribution in [0.15, 0.2) is 0 Å². The number of rotatable bonds is 4. The number of carbonyl (C=O) groups excluding carboxylic acids is 1. The summed E-state index contributed by atoms with van der Waals surface area (Å²) in [5.74, 6) is 0.113. The summed E-state index contributed by atoms with van der Waals surface area (Å²) in [4.78, 5) is 11.6. The monoisotopic (exact) mass is 212 g/mol. The van der Waals surface area contributed by atoms with E-state index in [0.29, 0.717) is 18.1 Å². The summed E-state index contributed by atoms with van der Waals surface area (Å²) in [5.41, 5.74) is 1.14. The molecule has 5 heteroatoms. The molecule has 1 aromatic rings. The van der Waals surface area contributed by atoms with E-state index in [2.05, 4.69) is 5.10 Å². The minimum atomic E-state index is -0.399. The maximum absolute atomic E-state index is 11.6. The third kappa shape index (κ3) is 2.11. The first kappa shape index (κ1) is 11.6. The minimum absolute atomic E-state index is 0.342. The zero-order valence-corrected chi connectivity index (χ0v) is 9.53. The number of ether oxygens (including phenoxy) is 2. The Hall–Kier alpha value is -1.52. The molecular weight excluding hydrogens is 196 g/mol. The smallest absolute Gasteiger partial charge is 0.360 e. The summed E-state index contributed by atoms with van der Waals surface area (Å²) in [5, 5.41) is 4.19. The van der Waals surface area contributed by atoms with Crippen LogP contribution in [0.5, 0.6) is 5.75 Å². The number of hydrogen-bond acceptors (Lipinski definition) is 4. The summed E-state index contributed by atoms with van der Waals surface area (Å²) < 4.78 is 11.6. The van der Waals surface area contributed by atoms with Crippen LogP contribution in [0.25, 0.3) is 0 Å². The van der Waals surface area contributed by atoms with Gasteiger partial charge in [-0.15, -0.1) is 0 Å². The number of methoxy groups -OCH3 is 1. The lowest BCUT2D eigenvalue weighted by Gasteiger charge is -2.04. The van der Waals surface area contributed by atoms with Gasteiger partial charge in [0.25, 0.3) is 0 Å². The molecule has 0 radical (unpaired) electrons. The number of hydrogen-bond donors (Lipinski definition) is 0. The molecule has 0 atom stereocenters. The molecule has 0 aromatic carbocycles. The molecule has 1 aromatic heterocycles. The first-order chi connectivity index (χ1) is 7.15. The van der Waals surface area contributed by atoms with Gasteiger partial charge in [-0.2, -0.15) is 5.10 Å². The average molecular weight is 212 g/mol. The van der Waals surface area contributed by atoms with E-state index in [0.717, 1.165) is 12.1 Å². The predicted octanol–water partition coefficient (Wildman–Crippen LogP) is 1.17. The van der Waals surface area contributed by atoms with Crippen LogP contribution in [0.2, 0.25) is 0 Å². The van der Waals surface area contributed by atoms with Crippen molar-refractivity contribution in [2.45, 2.75) is 20.3 Å². The van der Waals surface area contributed by atoms with Crippen molar-refractivity contribution in [1.82, 2.24) is 9.78 Å². The van der Waals surface area contributed by atoms with Gasteiger partial charge in [0, 0.05) is 7.05 Å². The fourth-order valence-corrected chi connectivity index (χ4v) is 1.43. The van der Waals surface area contributed by atoms with Crippen molar-refractivity contribution in [2.24, 2.45) is 7.05 Å². The van der Waals surface area contributed by atoms with Crippen LogP contribution in [0, 0.1) is 0 Å². The standard InChI is InChI=1S/C10H16N2O3/c1-5-7-9(14-4)8(12(3)11-7)10(13)15-6-2/h5-6H2,1-4H3. The molecule has 5 nitrogen and oxygen atoms in total. The van der Waals surface area contributed by atoms with E-state index in [1.54, 1.807) is 14.0 Å². The summed E-state index contributed by atoms with van der Waals surface area (Å²) in [6, 6.07) is 0. The number of esters is 1. The third-order valence-corrected chi connectivity index (χ3v) is 2.08. The molecule has 84 valence electrons. The van der Waals surface area contributed by atoms with Gasteiger partial charge in [-0.05, 0) is 13.3 Å². The molecule has 0 spiro atoms. The van der Waals surface area contributed by atoms with Gasteiger partial charge in [-0.1, -0.05) is 6.92 Å². The maximum atomic E-state index is 11.6. The van der Waals surface area contributed by atoms with Crippen molar-refractivity contribution >= 4 is 5.97 Å². The van der Waals surface area contributed by atoms with Gasteiger partial charge in [0.2, 0.25) is 0 Å². The summed E-state index contributed by atoms with van der Waals surface area (Å²) >= 11 is 0. The lowest BCUT2D eigenvalue weighted by atomic mass is 10.2. The number of nitrogens with zero attached hydrogens (tertiary/aromatic N) is 2. The van der Waals surface area contributed by atoms with Crippen LogP contribution in [0.1, 0.15) is 30.0 Å². The molecule has 0 aliphatic carbocycles. The van der Waals surface area contributed by atoms with Crippen molar-refractivity contribution in [3.8, 4) is 5.75 Å². The van der Waals surface area contributed by atoms with Crippen LogP contribution >= 0.6 is 0 Å². The minimum Gasteiger partial charge on any atom is -0.492 e. The van der Waals surface area contributed by atoms with Gasteiger partial charge in [-0.3, -0.25) is 4.68 Å². The van der Waals surface area contributed by atoms with Crippen LogP contribution in [-0.2, 0) is 18.2 Å². The van der Waals surface area contributed by atoms with Crippen molar-refractivity contribution in [1.29, 1.82) is 0 Å². The van der Waals surface area contributed by atoms with Crippen molar-refractivity contribution in [3.63, 3.8) is 0 Å². The molecular formula is C10H16N2O3. The third-order valence-electron chi connectivity index (χ3n) is 2.08. The van der Waals surface area contributed by atoms with Crippen molar-refractivity contribution < 1.29 is 14.3 Å². The van der Waals surface area contributed by atoms with Crippen molar-refractivity contribution in [2.75, 3.05) is 13.7 Å². The SMILES string of the molecule is CCOC(=O)c1c(OC)c(CC)nn1C. The van der Waals surface area contributed by atoms with E-state index in [1.165, 1.54) is 11.8 Å². The highest BCUT2D eigenvalue weighted by atomic mass is 16.5. The van der Waals surface area contributed by atoms with E-state index in [-0.39, 0.29) is 0 Å². The Morgan fingerprint density at radius 3 is 2.60 bits per heavy atom. The molecule has 0 fully saturated rings. The van der Waals surface area contributed by atoms with Gasteiger partial charge in [-0.25, -0.2) is 4.79 Å². The quantitative estimate of drug-likeness (QED) is 0.703. The number of aromatic nitrogens is 2. The Kier molecular flexibility index (Phi) is 3.71. The van der Waals surface area contributed by atoms with Crippen LogP contribution in [-0.4, -0.2) is 29.5 Å². The topological polar surface area (TPSA) is 53.4 Å². The highest BCUT2D eigenvalue weighted by molar-refractivity contribution is 5.91. The Morgan fingerprint density at radius 2 is 2.13 bits per heavy atom. The van der Waals surface area contributed by atoms with Crippen molar-refractivity contribution in [3.05, 3.63) is 11.4 Å². The Morgan fingerprint density at radius 1 is 1.47 bits per heavy atom. The maximum Gasteiger partial charge on any atom is 0.360 e. The molecule has 0 unspecified atom stereocenters. The molecule has 0 saturated heterocycles. The lowest BCUT2D eigenvalue weighted by Crippen LogP contribution is -2.11. The van der Waals surface area contributed by atoms with E-state index in [4.69, 9.17) is 9.47 Å². The van der Waals surface area contributed by atoms with E-state index >= 15 is 0 Å². The molecule has 15 heavy (non-hydrogen) atoms. The Labute approximate surface area is 89.0 Å². The predicted molar refractivity (Wildman–Crippen MR) is 55.1 cm³/mol. The Bertz CT molecular complexity index is 358. The van der Waals surface area contributed by atoms with Gasteiger partial charge >= 0.3 is 5.97 Å².